The van der Waals surface area contributed by atoms with Crippen molar-refractivity contribution in [2.45, 2.75) is 13.5 Å². The van der Waals surface area contributed by atoms with Crippen molar-refractivity contribution in [3.05, 3.63) is 64.6 Å². The fourth-order valence-corrected chi connectivity index (χ4v) is 3.31. The van der Waals surface area contributed by atoms with Crippen LogP contribution in [0, 0.1) is 0 Å². The van der Waals surface area contributed by atoms with Crippen LogP contribution in [0.1, 0.15) is 12.5 Å². The molecule has 0 atom stereocenters. The first-order valence-electron chi connectivity index (χ1n) is 9.43. The number of carbonyl (C=O) groups is 1. The quantitative estimate of drug-likeness (QED) is 0.330. The number of rotatable bonds is 5. The normalized spacial score (nSPS) is 15.4. The summed E-state index contributed by atoms with van der Waals surface area (Å²) in [5.41, 5.74) is 5.08. The topological polar surface area (TPSA) is 57.2 Å². The van der Waals surface area contributed by atoms with E-state index in [4.69, 9.17) is 4.74 Å². The molecule has 2 aromatic rings. The predicted octanol–water partition coefficient (Wildman–Crippen LogP) is 3.56. The second kappa shape index (κ2) is 10.2. The van der Waals surface area contributed by atoms with Crippen molar-refractivity contribution in [3.63, 3.8) is 0 Å². The smallest absolute Gasteiger partial charge is 0.375 e. The molecule has 2 aromatic carbocycles. The summed E-state index contributed by atoms with van der Waals surface area (Å²) in [7, 11) is 0. The van der Waals surface area contributed by atoms with Crippen LogP contribution < -0.4 is 5.43 Å². The molecule has 0 amide bonds. The Morgan fingerprint density at radius 3 is 2.39 bits per heavy atom. The number of nitrogens with zero attached hydrogens (tertiary/aromatic N) is 3. The lowest BCUT2D eigenvalue weighted by Gasteiger charge is -2.35. The third-order valence-electron chi connectivity index (χ3n) is 4.51. The van der Waals surface area contributed by atoms with E-state index in [-0.39, 0.29) is 0 Å². The highest BCUT2D eigenvalue weighted by atomic mass is 79.9. The van der Waals surface area contributed by atoms with Crippen LogP contribution in [-0.4, -0.2) is 54.4 Å². The van der Waals surface area contributed by atoms with Crippen LogP contribution in [-0.2, 0) is 16.1 Å². The minimum absolute atomic E-state index is 0.323. The number of hydrogen-bond donors (Lipinski definition) is 1. The summed E-state index contributed by atoms with van der Waals surface area (Å²) in [6, 6.07) is 18.1. The number of amidine groups is 1. The molecule has 1 fully saturated rings. The number of hydrogen-bond acceptors (Lipinski definition) is 5. The predicted molar refractivity (Wildman–Crippen MR) is 115 cm³/mol. The number of benzene rings is 2. The number of esters is 1. The Labute approximate surface area is 174 Å². The Kier molecular flexibility index (Phi) is 7.45. The van der Waals surface area contributed by atoms with E-state index in [0.29, 0.717) is 12.4 Å². The molecule has 1 heterocycles. The molecule has 28 heavy (non-hydrogen) atoms. The largest absolute Gasteiger partial charge is 0.460 e. The summed E-state index contributed by atoms with van der Waals surface area (Å²) in [4.78, 5) is 16.8. The van der Waals surface area contributed by atoms with Crippen molar-refractivity contribution in [3.8, 4) is 0 Å². The zero-order chi connectivity index (χ0) is 19.8. The molecule has 1 aliphatic heterocycles. The van der Waals surface area contributed by atoms with Crippen molar-refractivity contribution in [1.82, 2.24) is 9.80 Å². The molecule has 0 unspecified atom stereocenters. The van der Waals surface area contributed by atoms with E-state index in [1.54, 1.807) is 6.92 Å². The lowest BCUT2D eigenvalue weighted by Crippen LogP contribution is -2.50. The molecule has 0 bridgehead atoms. The average molecular weight is 445 g/mol. The Hall–Kier alpha value is -2.38. The van der Waals surface area contributed by atoms with Gasteiger partial charge in [0.15, 0.2) is 0 Å². The number of anilines is 1. The molecule has 0 aliphatic carbocycles. The molecule has 1 saturated heterocycles. The Morgan fingerprint density at radius 2 is 1.75 bits per heavy atom. The first-order chi connectivity index (χ1) is 13.7. The molecule has 0 saturated carbocycles. The van der Waals surface area contributed by atoms with Gasteiger partial charge in [-0.2, -0.15) is 0 Å². The molecule has 3 rings (SSSR count). The van der Waals surface area contributed by atoms with Crippen LogP contribution in [0.25, 0.3) is 0 Å². The second-order valence-electron chi connectivity index (χ2n) is 6.52. The van der Waals surface area contributed by atoms with Gasteiger partial charge in [0.1, 0.15) is 0 Å². The number of halogens is 1. The first-order valence-corrected chi connectivity index (χ1v) is 10.2. The zero-order valence-corrected chi connectivity index (χ0v) is 17.6. The standard InChI is InChI=1S/C21H25BrN4O2/c1-2-28-21(27)20(24-23-19-10-8-18(22)9-11-19)26-14-12-25(13-15-26)16-17-6-4-3-5-7-17/h3-11,23H,2,12-16H2,1H3. The van der Waals surface area contributed by atoms with Crippen molar-refractivity contribution in [2.24, 2.45) is 5.10 Å². The number of piperazine rings is 1. The second-order valence-corrected chi connectivity index (χ2v) is 7.44. The average Bonchev–Trinajstić information content (AvgIpc) is 2.72. The van der Waals surface area contributed by atoms with Gasteiger partial charge in [-0.15, -0.1) is 5.10 Å². The van der Waals surface area contributed by atoms with Gasteiger partial charge in [-0.1, -0.05) is 46.3 Å². The molecular formula is C21H25BrN4O2. The van der Waals surface area contributed by atoms with E-state index in [0.717, 1.165) is 42.9 Å². The maximum absolute atomic E-state index is 12.4. The number of carbonyl (C=O) groups excluding carboxylic acids is 1. The van der Waals surface area contributed by atoms with Crippen LogP contribution in [0.15, 0.2) is 64.2 Å². The van der Waals surface area contributed by atoms with Gasteiger partial charge in [-0.3, -0.25) is 10.3 Å². The lowest BCUT2D eigenvalue weighted by atomic mass is 10.2. The van der Waals surface area contributed by atoms with Crippen molar-refractivity contribution < 1.29 is 9.53 Å². The molecule has 1 N–H and O–H groups in total. The molecular weight excluding hydrogens is 420 g/mol. The van der Waals surface area contributed by atoms with Gasteiger partial charge in [0.25, 0.3) is 0 Å². The van der Waals surface area contributed by atoms with Gasteiger partial charge in [0.05, 0.1) is 12.3 Å². The van der Waals surface area contributed by atoms with Crippen molar-refractivity contribution in [2.75, 3.05) is 38.2 Å². The summed E-state index contributed by atoms with van der Waals surface area (Å²) in [5, 5.41) is 4.36. The summed E-state index contributed by atoms with van der Waals surface area (Å²) in [6.45, 7) is 6.23. The minimum atomic E-state index is -0.399. The van der Waals surface area contributed by atoms with Gasteiger partial charge in [-0.05, 0) is 36.8 Å². The summed E-state index contributed by atoms with van der Waals surface area (Å²) >= 11 is 3.41. The van der Waals surface area contributed by atoms with Gasteiger partial charge in [-0.25, -0.2) is 4.79 Å². The van der Waals surface area contributed by atoms with E-state index in [9.17, 15) is 4.79 Å². The highest BCUT2D eigenvalue weighted by Gasteiger charge is 2.25. The van der Waals surface area contributed by atoms with Crippen molar-refractivity contribution in [1.29, 1.82) is 0 Å². The zero-order valence-electron chi connectivity index (χ0n) is 16.0. The molecule has 148 valence electrons. The van der Waals surface area contributed by atoms with Gasteiger partial charge < -0.3 is 9.64 Å². The number of hydrazone groups is 1. The minimum Gasteiger partial charge on any atom is -0.460 e. The Morgan fingerprint density at radius 1 is 1.07 bits per heavy atom. The van der Waals surface area contributed by atoms with Crippen molar-refractivity contribution >= 4 is 33.4 Å². The van der Waals surface area contributed by atoms with E-state index in [2.05, 4.69) is 55.6 Å². The fourth-order valence-electron chi connectivity index (χ4n) is 3.04. The Bertz CT molecular complexity index is 788. The summed E-state index contributed by atoms with van der Waals surface area (Å²) in [5.74, 6) is -0.0762. The SMILES string of the molecule is CCOC(=O)C(=NNc1ccc(Br)cc1)N1CCN(Cc2ccccc2)CC1. The first kappa shape index (κ1) is 20.4. The molecule has 0 aromatic heterocycles. The van der Waals surface area contributed by atoms with E-state index in [1.165, 1.54) is 5.56 Å². The highest BCUT2D eigenvalue weighted by molar-refractivity contribution is 9.10. The number of ether oxygens (including phenoxy) is 1. The van der Waals surface area contributed by atoms with Gasteiger partial charge >= 0.3 is 5.97 Å². The Balaban J connectivity index is 1.63. The van der Waals surface area contributed by atoms with E-state index in [1.807, 2.05) is 35.2 Å². The van der Waals surface area contributed by atoms with Crippen LogP contribution in [0.2, 0.25) is 0 Å². The number of nitrogens with one attached hydrogen (secondary N) is 1. The van der Waals surface area contributed by atoms with Crippen LogP contribution in [0.3, 0.4) is 0 Å². The summed E-state index contributed by atoms with van der Waals surface area (Å²) in [6.07, 6.45) is 0. The lowest BCUT2D eigenvalue weighted by molar-refractivity contribution is -0.136. The van der Waals surface area contributed by atoms with E-state index < -0.39 is 5.97 Å². The maximum atomic E-state index is 12.4. The molecule has 1 aliphatic rings. The van der Waals surface area contributed by atoms with Gasteiger partial charge in [0, 0.05) is 37.2 Å². The molecule has 6 nitrogen and oxygen atoms in total. The van der Waals surface area contributed by atoms with E-state index >= 15 is 0 Å². The molecule has 7 heteroatoms. The summed E-state index contributed by atoms with van der Waals surface area (Å²) < 4.78 is 6.20. The third kappa shape index (κ3) is 5.81. The molecule has 0 radical (unpaired) electrons. The maximum Gasteiger partial charge on any atom is 0.375 e. The monoisotopic (exact) mass is 444 g/mol. The van der Waals surface area contributed by atoms with Crippen LogP contribution in [0.4, 0.5) is 5.69 Å². The molecule has 0 spiro atoms. The highest BCUT2D eigenvalue weighted by Crippen LogP contribution is 2.15. The van der Waals surface area contributed by atoms with Gasteiger partial charge in [0.2, 0.25) is 5.84 Å². The third-order valence-corrected chi connectivity index (χ3v) is 5.04. The fraction of sp³-hybridized carbons (Fsp3) is 0.333. The van der Waals surface area contributed by atoms with Crippen LogP contribution >= 0.6 is 15.9 Å². The van der Waals surface area contributed by atoms with Crippen LogP contribution in [0.5, 0.6) is 0 Å².